The second-order valence-corrected chi connectivity index (χ2v) is 5.78. The largest absolute Gasteiger partial charge is 0.451 e. The molecule has 20 heavy (non-hydrogen) atoms. The van der Waals surface area contributed by atoms with Gasteiger partial charge in [0.25, 0.3) is 5.91 Å². The molecular weight excluding hydrogens is 344 g/mol. The Labute approximate surface area is 131 Å². The van der Waals surface area contributed by atoms with Crippen LogP contribution in [0.5, 0.6) is 0 Å². The monoisotopic (exact) mass is 358 g/mol. The summed E-state index contributed by atoms with van der Waals surface area (Å²) in [5.41, 5.74) is 1.63. The molecule has 1 saturated heterocycles. The number of amides is 1. The number of carbonyl (C=O) groups excluding carboxylic acids is 1. The first-order valence-electron chi connectivity index (χ1n) is 6.35. The molecule has 2 N–H and O–H groups in total. The minimum atomic E-state index is -0.126. The number of hydrogen-bond donors (Lipinski definition) is 2. The van der Waals surface area contributed by atoms with Crippen molar-refractivity contribution >= 4 is 45.2 Å². The first-order chi connectivity index (χ1) is 9.15. The average molecular weight is 360 g/mol. The summed E-state index contributed by atoms with van der Waals surface area (Å²) >= 11 is 3.43. The highest BCUT2D eigenvalue weighted by atomic mass is 79.9. The Morgan fingerprint density at radius 1 is 1.50 bits per heavy atom. The molecule has 1 aliphatic rings. The van der Waals surface area contributed by atoms with Gasteiger partial charge in [-0.3, -0.25) is 4.79 Å². The van der Waals surface area contributed by atoms with Crippen molar-refractivity contribution in [1.82, 2.24) is 10.6 Å². The summed E-state index contributed by atoms with van der Waals surface area (Å²) in [6.07, 6.45) is 0.969. The number of fused-ring (bicyclic) bond motifs is 1. The predicted octanol–water partition coefficient (Wildman–Crippen LogP) is 3.02. The van der Waals surface area contributed by atoms with E-state index in [4.69, 9.17) is 4.42 Å². The maximum Gasteiger partial charge on any atom is 0.287 e. The number of nitrogens with one attached hydrogen (secondary N) is 2. The molecule has 0 radical (unpaired) electrons. The van der Waals surface area contributed by atoms with Crippen molar-refractivity contribution in [2.45, 2.75) is 19.4 Å². The third-order valence-corrected chi connectivity index (χ3v) is 3.99. The van der Waals surface area contributed by atoms with Crippen LogP contribution in [0.15, 0.2) is 27.1 Å². The maximum absolute atomic E-state index is 12.2. The quantitative estimate of drug-likeness (QED) is 0.866. The smallest absolute Gasteiger partial charge is 0.287 e. The van der Waals surface area contributed by atoms with Crippen LogP contribution in [0, 0.1) is 6.92 Å². The summed E-state index contributed by atoms with van der Waals surface area (Å²) in [7, 11) is 0. The van der Waals surface area contributed by atoms with Crippen LogP contribution >= 0.6 is 28.3 Å². The molecule has 1 aromatic carbocycles. The van der Waals surface area contributed by atoms with Crippen LogP contribution in [0.4, 0.5) is 0 Å². The van der Waals surface area contributed by atoms with Gasteiger partial charge in [-0.1, -0.05) is 15.9 Å². The van der Waals surface area contributed by atoms with Gasteiger partial charge in [0.05, 0.1) is 0 Å². The van der Waals surface area contributed by atoms with Gasteiger partial charge >= 0.3 is 0 Å². The van der Waals surface area contributed by atoms with E-state index < -0.39 is 0 Å². The molecule has 1 unspecified atom stereocenters. The number of aryl methyl sites for hydroxylation is 1. The fraction of sp³-hybridized carbons (Fsp3) is 0.357. The molecule has 3 rings (SSSR count). The lowest BCUT2D eigenvalue weighted by Crippen LogP contribution is -2.36. The molecule has 1 atom stereocenters. The van der Waals surface area contributed by atoms with Crippen molar-refractivity contribution in [3.05, 3.63) is 34.0 Å². The second-order valence-electron chi connectivity index (χ2n) is 4.86. The molecule has 0 saturated carbocycles. The Kier molecular flexibility index (Phi) is 4.73. The van der Waals surface area contributed by atoms with Crippen molar-refractivity contribution in [3.63, 3.8) is 0 Å². The number of hydrogen-bond acceptors (Lipinski definition) is 3. The Hall–Kier alpha value is -1.04. The normalized spacial score (nSPS) is 18.0. The lowest BCUT2D eigenvalue weighted by molar-refractivity contribution is 0.0913. The van der Waals surface area contributed by atoms with Gasteiger partial charge in [-0.05, 0) is 38.1 Å². The molecule has 1 aliphatic heterocycles. The number of rotatable bonds is 2. The SMILES string of the molecule is Cc1c(C(=O)NC2CCNC2)oc2ccc(Br)cc12.Cl. The molecule has 4 nitrogen and oxygen atoms in total. The highest BCUT2D eigenvalue weighted by Gasteiger charge is 2.22. The summed E-state index contributed by atoms with van der Waals surface area (Å²) in [4.78, 5) is 12.2. The molecule has 6 heteroatoms. The van der Waals surface area contributed by atoms with E-state index in [2.05, 4.69) is 26.6 Å². The average Bonchev–Trinajstić information content (AvgIpc) is 2.98. The van der Waals surface area contributed by atoms with Crippen molar-refractivity contribution < 1.29 is 9.21 Å². The second kappa shape index (κ2) is 6.16. The lowest BCUT2D eigenvalue weighted by atomic mass is 10.1. The number of carbonyl (C=O) groups is 1. The summed E-state index contributed by atoms with van der Waals surface area (Å²) in [5, 5.41) is 7.21. The van der Waals surface area contributed by atoms with E-state index >= 15 is 0 Å². The van der Waals surface area contributed by atoms with E-state index in [1.54, 1.807) is 0 Å². The van der Waals surface area contributed by atoms with Crippen molar-refractivity contribution in [1.29, 1.82) is 0 Å². The first kappa shape index (κ1) is 15.4. The summed E-state index contributed by atoms with van der Waals surface area (Å²) in [6.45, 7) is 3.70. The minimum absolute atomic E-state index is 0. The summed E-state index contributed by atoms with van der Waals surface area (Å²) in [5.74, 6) is 0.290. The molecule has 1 fully saturated rings. The topological polar surface area (TPSA) is 54.3 Å². The van der Waals surface area contributed by atoms with Gasteiger partial charge in [-0.15, -0.1) is 12.4 Å². The van der Waals surface area contributed by atoms with Gasteiger partial charge in [0.15, 0.2) is 5.76 Å². The standard InChI is InChI=1S/C14H15BrN2O2.ClH/c1-8-11-6-9(15)2-3-12(11)19-13(8)14(18)17-10-4-5-16-7-10;/h2-3,6,10,16H,4-5,7H2,1H3,(H,17,18);1H. The zero-order valence-corrected chi connectivity index (χ0v) is 13.4. The molecule has 108 valence electrons. The molecule has 0 aliphatic carbocycles. The Morgan fingerprint density at radius 3 is 3.00 bits per heavy atom. The first-order valence-corrected chi connectivity index (χ1v) is 7.14. The number of benzene rings is 1. The molecular formula is C14H16BrClN2O2. The molecule has 2 heterocycles. The van der Waals surface area contributed by atoms with E-state index in [1.165, 1.54) is 0 Å². The Balaban J connectivity index is 0.00000147. The van der Waals surface area contributed by atoms with Crippen molar-refractivity contribution in [2.24, 2.45) is 0 Å². The zero-order valence-electron chi connectivity index (χ0n) is 11.0. The van der Waals surface area contributed by atoms with Crippen LogP contribution in [0.1, 0.15) is 22.5 Å². The highest BCUT2D eigenvalue weighted by molar-refractivity contribution is 9.10. The van der Waals surface area contributed by atoms with E-state index in [0.29, 0.717) is 5.76 Å². The zero-order chi connectivity index (χ0) is 13.4. The van der Waals surface area contributed by atoms with Gasteiger partial charge in [-0.2, -0.15) is 0 Å². The Bertz CT molecular complexity index is 635. The van der Waals surface area contributed by atoms with Crippen molar-refractivity contribution in [3.8, 4) is 0 Å². The van der Waals surface area contributed by atoms with Crippen LogP contribution in [0.25, 0.3) is 11.0 Å². The van der Waals surface area contributed by atoms with Gasteiger partial charge in [0.2, 0.25) is 0 Å². The fourth-order valence-corrected chi connectivity index (χ4v) is 2.80. The van der Waals surface area contributed by atoms with Crippen LogP contribution in [0.2, 0.25) is 0 Å². The summed E-state index contributed by atoms with van der Waals surface area (Å²) in [6, 6.07) is 5.96. The highest BCUT2D eigenvalue weighted by Crippen LogP contribution is 2.28. The molecule has 0 bridgehead atoms. The Morgan fingerprint density at radius 2 is 2.30 bits per heavy atom. The third-order valence-electron chi connectivity index (χ3n) is 3.50. The number of halogens is 2. The molecule has 2 aromatic rings. The van der Waals surface area contributed by atoms with E-state index in [0.717, 1.165) is 40.5 Å². The van der Waals surface area contributed by atoms with Crippen molar-refractivity contribution in [2.75, 3.05) is 13.1 Å². The van der Waals surface area contributed by atoms with Gasteiger partial charge in [0.1, 0.15) is 5.58 Å². The van der Waals surface area contributed by atoms with E-state index in [-0.39, 0.29) is 24.4 Å². The molecule has 1 aromatic heterocycles. The van der Waals surface area contributed by atoms with Gasteiger partial charge in [-0.25, -0.2) is 0 Å². The van der Waals surface area contributed by atoms with Crippen LogP contribution in [-0.4, -0.2) is 25.0 Å². The minimum Gasteiger partial charge on any atom is -0.451 e. The lowest BCUT2D eigenvalue weighted by Gasteiger charge is -2.09. The molecule has 0 spiro atoms. The van der Waals surface area contributed by atoms with Gasteiger partial charge < -0.3 is 15.1 Å². The van der Waals surface area contributed by atoms with Gasteiger partial charge in [0, 0.05) is 28.0 Å². The van der Waals surface area contributed by atoms with Crippen LogP contribution in [-0.2, 0) is 0 Å². The fourth-order valence-electron chi connectivity index (χ4n) is 2.44. The van der Waals surface area contributed by atoms with Crippen LogP contribution in [0.3, 0.4) is 0 Å². The number of furan rings is 1. The third kappa shape index (κ3) is 2.85. The van der Waals surface area contributed by atoms with E-state index in [1.807, 2.05) is 25.1 Å². The van der Waals surface area contributed by atoms with E-state index in [9.17, 15) is 4.79 Å². The van der Waals surface area contributed by atoms with Crippen LogP contribution < -0.4 is 10.6 Å². The predicted molar refractivity (Wildman–Crippen MR) is 84.6 cm³/mol. The molecule has 1 amide bonds. The summed E-state index contributed by atoms with van der Waals surface area (Å²) < 4.78 is 6.65. The maximum atomic E-state index is 12.2.